The van der Waals surface area contributed by atoms with Gasteiger partial charge in [0.05, 0.1) is 14.2 Å². The number of ether oxygens (including phenoxy) is 3. The van der Waals surface area contributed by atoms with Crippen LogP contribution in [-0.2, 0) is 6.61 Å². The third kappa shape index (κ3) is 4.75. The smallest absolute Gasteiger partial charge is 0.255 e. The Labute approximate surface area is 168 Å². The molecule has 3 aromatic rings. The van der Waals surface area contributed by atoms with Gasteiger partial charge in [0, 0.05) is 21.8 Å². The molecule has 0 aliphatic carbocycles. The molecule has 5 nitrogen and oxygen atoms in total. The highest BCUT2D eigenvalue weighted by molar-refractivity contribution is 6.31. The van der Waals surface area contributed by atoms with E-state index in [2.05, 4.69) is 5.32 Å². The molecular formula is C22H20ClNO4. The van der Waals surface area contributed by atoms with Gasteiger partial charge in [0.2, 0.25) is 0 Å². The second-order valence-corrected chi connectivity index (χ2v) is 6.34. The molecule has 0 aliphatic rings. The number of benzene rings is 3. The van der Waals surface area contributed by atoms with Gasteiger partial charge in [0.25, 0.3) is 5.91 Å². The summed E-state index contributed by atoms with van der Waals surface area (Å²) in [5, 5.41) is 3.47. The third-order valence-corrected chi connectivity index (χ3v) is 4.48. The van der Waals surface area contributed by atoms with Gasteiger partial charge in [0.15, 0.2) is 11.5 Å². The number of methoxy groups -OCH3 is 2. The summed E-state index contributed by atoms with van der Waals surface area (Å²) >= 11 is 6.15. The Kier molecular flexibility index (Phi) is 6.40. The van der Waals surface area contributed by atoms with Crippen LogP contribution in [0.4, 0.5) is 5.69 Å². The van der Waals surface area contributed by atoms with Crippen LogP contribution in [0.5, 0.6) is 17.2 Å². The van der Waals surface area contributed by atoms with Crippen molar-refractivity contribution in [3.05, 3.63) is 82.9 Å². The maximum absolute atomic E-state index is 12.5. The van der Waals surface area contributed by atoms with Crippen LogP contribution < -0.4 is 19.5 Å². The molecule has 144 valence electrons. The van der Waals surface area contributed by atoms with Gasteiger partial charge < -0.3 is 19.5 Å². The third-order valence-electron chi connectivity index (χ3n) is 4.11. The quantitative estimate of drug-likeness (QED) is 0.596. The first-order valence-electron chi connectivity index (χ1n) is 8.60. The fourth-order valence-corrected chi connectivity index (χ4v) is 2.77. The van der Waals surface area contributed by atoms with E-state index in [9.17, 15) is 4.79 Å². The van der Waals surface area contributed by atoms with Crippen molar-refractivity contribution >= 4 is 23.2 Å². The highest BCUT2D eigenvalue weighted by Crippen LogP contribution is 2.30. The topological polar surface area (TPSA) is 56.8 Å². The molecule has 1 N–H and O–H groups in total. The summed E-state index contributed by atoms with van der Waals surface area (Å²) < 4.78 is 16.3. The number of halogens is 1. The molecule has 0 fully saturated rings. The monoisotopic (exact) mass is 397 g/mol. The Balaban J connectivity index is 1.71. The summed E-state index contributed by atoms with van der Waals surface area (Å²) in [4.78, 5) is 12.5. The Morgan fingerprint density at radius 2 is 1.68 bits per heavy atom. The minimum absolute atomic E-state index is 0.249. The normalized spacial score (nSPS) is 10.2. The summed E-state index contributed by atoms with van der Waals surface area (Å²) in [7, 11) is 3.12. The van der Waals surface area contributed by atoms with Crippen molar-refractivity contribution in [3.8, 4) is 17.2 Å². The number of anilines is 1. The molecule has 3 aromatic carbocycles. The van der Waals surface area contributed by atoms with Crippen LogP contribution >= 0.6 is 11.6 Å². The second kappa shape index (κ2) is 9.15. The molecule has 0 aromatic heterocycles. The van der Waals surface area contributed by atoms with Gasteiger partial charge in [0.1, 0.15) is 12.4 Å². The van der Waals surface area contributed by atoms with Crippen LogP contribution in [-0.4, -0.2) is 20.1 Å². The Bertz CT molecular complexity index is 957. The average molecular weight is 398 g/mol. The Morgan fingerprint density at radius 3 is 2.36 bits per heavy atom. The molecule has 1 amide bonds. The molecule has 0 spiro atoms. The number of hydrogen-bond donors (Lipinski definition) is 1. The summed E-state index contributed by atoms with van der Waals surface area (Å²) in [6, 6.07) is 19.6. The lowest BCUT2D eigenvalue weighted by molar-refractivity contribution is 0.102. The van der Waals surface area contributed by atoms with E-state index >= 15 is 0 Å². The van der Waals surface area contributed by atoms with Crippen LogP contribution in [0, 0.1) is 0 Å². The zero-order valence-electron chi connectivity index (χ0n) is 15.6. The van der Waals surface area contributed by atoms with Crippen LogP contribution in [0.3, 0.4) is 0 Å². The lowest BCUT2D eigenvalue weighted by Gasteiger charge is -2.13. The standard InChI is InChI=1S/C22H20ClNO4/c1-26-18-10-8-17(9-11-18)24-22(25)15-7-12-20(21(13-15)27-2)28-14-16-5-3-4-6-19(16)23/h3-13H,14H2,1-2H3,(H,24,25). The Hall–Kier alpha value is -3.18. The van der Waals surface area contributed by atoms with Crippen molar-refractivity contribution in [2.75, 3.05) is 19.5 Å². The van der Waals surface area contributed by atoms with Crippen molar-refractivity contribution in [1.29, 1.82) is 0 Å². The molecule has 0 aliphatic heterocycles. The van der Waals surface area contributed by atoms with Crippen molar-refractivity contribution in [1.82, 2.24) is 0 Å². The van der Waals surface area contributed by atoms with Gasteiger partial charge >= 0.3 is 0 Å². The number of rotatable bonds is 7. The van der Waals surface area contributed by atoms with E-state index in [0.29, 0.717) is 34.4 Å². The van der Waals surface area contributed by atoms with E-state index in [1.165, 1.54) is 7.11 Å². The molecule has 0 unspecified atom stereocenters. The number of nitrogens with one attached hydrogen (secondary N) is 1. The number of hydrogen-bond acceptors (Lipinski definition) is 4. The summed E-state index contributed by atoms with van der Waals surface area (Å²) in [5.41, 5.74) is 1.99. The first-order valence-corrected chi connectivity index (χ1v) is 8.98. The van der Waals surface area contributed by atoms with Crippen LogP contribution in [0.1, 0.15) is 15.9 Å². The largest absolute Gasteiger partial charge is 0.497 e. The molecule has 0 radical (unpaired) electrons. The maximum Gasteiger partial charge on any atom is 0.255 e. The Morgan fingerprint density at radius 1 is 0.929 bits per heavy atom. The van der Waals surface area contributed by atoms with E-state index in [1.54, 1.807) is 49.6 Å². The molecule has 28 heavy (non-hydrogen) atoms. The van der Waals surface area contributed by atoms with E-state index < -0.39 is 0 Å². The van der Waals surface area contributed by atoms with E-state index in [4.69, 9.17) is 25.8 Å². The van der Waals surface area contributed by atoms with Gasteiger partial charge in [-0.3, -0.25) is 4.79 Å². The minimum atomic E-state index is -0.249. The van der Waals surface area contributed by atoms with Gasteiger partial charge in [-0.15, -0.1) is 0 Å². The van der Waals surface area contributed by atoms with E-state index in [1.807, 2.05) is 24.3 Å². The van der Waals surface area contributed by atoms with E-state index in [0.717, 1.165) is 11.3 Å². The van der Waals surface area contributed by atoms with Crippen molar-refractivity contribution < 1.29 is 19.0 Å². The molecule has 0 bridgehead atoms. The summed E-state index contributed by atoms with van der Waals surface area (Å²) in [6.07, 6.45) is 0. The zero-order chi connectivity index (χ0) is 19.9. The molecular weight excluding hydrogens is 378 g/mol. The van der Waals surface area contributed by atoms with Crippen LogP contribution in [0.2, 0.25) is 5.02 Å². The highest BCUT2D eigenvalue weighted by atomic mass is 35.5. The molecule has 0 saturated carbocycles. The lowest BCUT2D eigenvalue weighted by atomic mass is 10.1. The first kappa shape index (κ1) is 19.6. The summed E-state index contributed by atoms with van der Waals surface area (Å²) in [6.45, 7) is 0.299. The van der Waals surface area contributed by atoms with Crippen molar-refractivity contribution in [2.45, 2.75) is 6.61 Å². The van der Waals surface area contributed by atoms with Gasteiger partial charge in [-0.25, -0.2) is 0 Å². The lowest BCUT2D eigenvalue weighted by Crippen LogP contribution is -2.12. The molecule has 0 heterocycles. The highest BCUT2D eigenvalue weighted by Gasteiger charge is 2.12. The fourth-order valence-electron chi connectivity index (χ4n) is 2.58. The van der Waals surface area contributed by atoms with Gasteiger partial charge in [-0.1, -0.05) is 29.8 Å². The predicted molar refractivity (Wildman–Crippen MR) is 110 cm³/mol. The van der Waals surface area contributed by atoms with Crippen molar-refractivity contribution in [3.63, 3.8) is 0 Å². The van der Waals surface area contributed by atoms with Crippen LogP contribution in [0.15, 0.2) is 66.7 Å². The van der Waals surface area contributed by atoms with Gasteiger partial charge in [-0.2, -0.15) is 0 Å². The molecule has 6 heteroatoms. The summed E-state index contributed by atoms with van der Waals surface area (Å²) in [5.74, 6) is 1.47. The number of carbonyl (C=O) groups is 1. The molecule has 3 rings (SSSR count). The minimum Gasteiger partial charge on any atom is -0.497 e. The SMILES string of the molecule is COc1ccc(NC(=O)c2ccc(OCc3ccccc3Cl)c(OC)c2)cc1. The van der Waals surface area contributed by atoms with E-state index in [-0.39, 0.29) is 5.91 Å². The zero-order valence-corrected chi connectivity index (χ0v) is 16.3. The predicted octanol–water partition coefficient (Wildman–Crippen LogP) is 5.19. The average Bonchev–Trinajstić information content (AvgIpc) is 2.73. The van der Waals surface area contributed by atoms with Gasteiger partial charge in [-0.05, 0) is 48.5 Å². The molecule has 0 atom stereocenters. The maximum atomic E-state index is 12.5. The molecule has 0 saturated heterocycles. The number of amides is 1. The van der Waals surface area contributed by atoms with Crippen molar-refractivity contribution in [2.24, 2.45) is 0 Å². The van der Waals surface area contributed by atoms with Crippen LogP contribution in [0.25, 0.3) is 0 Å². The fraction of sp³-hybridized carbons (Fsp3) is 0.136. The second-order valence-electron chi connectivity index (χ2n) is 5.93. The number of carbonyl (C=O) groups excluding carboxylic acids is 1. The first-order chi connectivity index (χ1) is 13.6.